The zero-order valence-corrected chi connectivity index (χ0v) is 9.88. The van der Waals surface area contributed by atoms with Gasteiger partial charge in [0.2, 0.25) is 0 Å². The fourth-order valence-corrected chi connectivity index (χ4v) is 1.80. The van der Waals surface area contributed by atoms with E-state index in [9.17, 15) is 18.0 Å². The number of halogens is 3. The van der Waals surface area contributed by atoms with Gasteiger partial charge in [-0.25, -0.2) is 18.0 Å². The van der Waals surface area contributed by atoms with Crippen LogP contribution in [-0.4, -0.2) is 11.1 Å². The molecule has 2 aromatic rings. The largest absolute Gasteiger partial charge is 0.478 e. The highest BCUT2D eigenvalue weighted by molar-refractivity contribution is 5.89. The van der Waals surface area contributed by atoms with E-state index in [1.807, 2.05) is 0 Å². The summed E-state index contributed by atoms with van der Waals surface area (Å²) >= 11 is 0. The number of carbonyl (C=O) groups is 1. The highest BCUT2D eigenvalue weighted by Crippen LogP contribution is 2.25. The van der Waals surface area contributed by atoms with Crippen LogP contribution < -0.4 is 0 Å². The molecule has 0 amide bonds. The molecule has 0 saturated heterocycles. The molecular weight excluding hydrogens is 257 g/mol. The molecule has 0 atom stereocenters. The zero-order valence-electron chi connectivity index (χ0n) is 9.88. The van der Waals surface area contributed by atoms with Crippen LogP contribution in [0.5, 0.6) is 0 Å². The Morgan fingerprint density at radius 1 is 0.947 bits per heavy atom. The van der Waals surface area contributed by atoms with Crippen LogP contribution in [0.2, 0.25) is 0 Å². The number of carboxylic acids is 1. The second-order valence-corrected chi connectivity index (χ2v) is 4.15. The highest BCUT2D eigenvalue weighted by atomic mass is 19.2. The van der Waals surface area contributed by atoms with Gasteiger partial charge in [0.15, 0.2) is 17.5 Å². The minimum Gasteiger partial charge on any atom is -0.478 e. The fourth-order valence-electron chi connectivity index (χ4n) is 1.80. The van der Waals surface area contributed by atoms with Gasteiger partial charge in [0, 0.05) is 0 Å². The number of aryl methyl sites for hydroxylation is 1. The SMILES string of the molecule is Cc1cc(C(=O)O)cc(-c2cc(F)c(F)c(F)c2)c1. The predicted molar refractivity (Wildman–Crippen MR) is 63.4 cm³/mol. The molecule has 98 valence electrons. The first-order valence-corrected chi connectivity index (χ1v) is 5.38. The molecular formula is C14H9F3O2. The van der Waals surface area contributed by atoms with Crippen LogP contribution in [-0.2, 0) is 0 Å². The zero-order chi connectivity index (χ0) is 14.2. The molecule has 0 radical (unpaired) electrons. The van der Waals surface area contributed by atoms with Crippen molar-refractivity contribution in [3.8, 4) is 11.1 Å². The van der Waals surface area contributed by atoms with Gasteiger partial charge in [-0.1, -0.05) is 6.07 Å². The van der Waals surface area contributed by atoms with Crippen molar-refractivity contribution >= 4 is 5.97 Å². The molecule has 2 nitrogen and oxygen atoms in total. The first kappa shape index (κ1) is 13.1. The molecule has 0 spiro atoms. The molecule has 0 aromatic heterocycles. The Morgan fingerprint density at radius 3 is 2.00 bits per heavy atom. The molecule has 1 N–H and O–H groups in total. The molecule has 5 heteroatoms. The molecule has 0 bridgehead atoms. The van der Waals surface area contributed by atoms with E-state index in [2.05, 4.69) is 0 Å². The van der Waals surface area contributed by atoms with Crippen LogP contribution in [0.3, 0.4) is 0 Å². The Labute approximate surface area is 107 Å². The maximum Gasteiger partial charge on any atom is 0.335 e. The quantitative estimate of drug-likeness (QED) is 0.840. The molecule has 0 heterocycles. The van der Waals surface area contributed by atoms with Crippen LogP contribution in [0.25, 0.3) is 11.1 Å². The third kappa shape index (κ3) is 2.59. The summed E-state index contributed by atoms with van der Waals surface area (Å²) in [4.78, 5) is 10.9. The third-order valence-corrected chi connectivity index (χ3v) is 2.64. The first-order valence-electron chi connectivity index (χ1n) is 5.38. The van der Waals surface area contributed by atoms with Gasteiger partial charge in [0.1, 0.15) is 0 Å². The van der Waals surface area contributed by atoms with Crippen molar-refractivity contribution in [1.29, 1.82) is 0 Å². The van der Waals surface area contributed by atoms with E-state index in [4.69, 9.17) is 5.11 Å². The van der Waals surface area contributed by atoms with Gasteiger partial charge in [0.25, 0.3) is 0 Å². The van der Waals surface area contributed by atoms with Crippen molar-refractivity contribution < 1.29 is 23.1 Å². The average molecular weight is 266 g/mol. The smallest absolute Gasteiger partial charge is 0.335 e. The van der Waals surface area contributed by atoms with Crippen LogP contribution >= 0.6 is 0 Å². The van der Waals surface area contributed by atoms with Crippen LogP contribution in [0.15, 0.2) is 30.3 Å². The van der Waals surface area contributed by atoms with Crippen LogP contribution in [0.4, 0.5) is 13.2 Å². The number of hydrogen-bond donors (Lipinski definition) is 1. The van der Waals surface area contributed by atoms with Gasteiger partial charge in [-0.3, -0.25) is 0 Å². The lowest BCUT2D eigenvalue weighted by molar-refractivity contribution is 0.0697. The Morgan fingerprint density at radius 2 is 1.47 bits per heavy atom. The van der Waals surface area contributed by atoms with E-state index in [1.165, 1.54) is 12.1 Å². The van der Waals surface area contributed by atoms with E-state index in [1.54, 1.807) is 13.0 Å². The van der Waals surface area contributed by atoms with Crippen molar-refractivity contribution in [2.75, 3.05) is 0 Å². The topological polar surface area (TPSA) is 37.3 Å². The fraction of sp³-hybridized carbons (Fsp3) is 0.0714. The van der Waals surface area contributed by atoms with Gasteiger partial charge in [-0.15, -0.1) is 0 Å². The summed E-state index contributed by atoms with van der Waals surface area (Å²) < 4.78 is 39.2. The van der Waals surface area contributed by atoms with Gasteiger partial charge in [-0.2, -0.15) is 0 Å². The van der Waals surface area contributed by atoms with Gasteiger partial charge >= 0.3 is 5.97 Å². The second-order valence-electron chi connectivity index (χ2n) is 4.15. The molecule has 2 aromatic carbocycles. The summed E-state index contributed by atoms with van der Waals surface area (Å²) in [6, 6.07) is 5.94. The molecule has 0 saturated carbocycles. The van der Waals surface area contributed by atoms with Crippen molar-refractivity contribution in [1.82, 2.24) is 0 Å². The molecule has 2 rings (SSSR count). The Kier molecular flexibility index (Phi) is 3.29. The summed E-state index contributed by atoms with van der Waals surface area (Å²) in [5.74, 6) is -5.32. The van der Waals surface area contributed by atoms with Crippen molar-refractivity contribution in [2.45, 2.75) is 6.92 Å². The number of rotatable bonds is 2. The maximum absolute atomic E-state index is 13.2. The number of aromatic carboxylic acids is 1. The molecule has 0 aliphatic carbocycles. The van der Waals surface area contributed by atoms with Gasteiger partial charge < -0.3 is 5.11 Å². The average Bonchev–Trinajstić information content (AvgIpc) is 2.34. The molecule has 0 unspecified atom stereocenters. The van der Waals surface area contributed by atoms with Crippen LogP contribution in [0, 0.1) is 24.4 Å². The van der Waals surface area contributed by atoms with E-state index in [0.717, 1.165) is 12.1 Å². The lowest BCUT2D eigenvalue weighted by Crippen LogP contribution is -1.98. The van der Waals surface area contributed by atoms with Crippen molar-refractivity contribution in [3.63, 3.8) is 0 Å². The standard InChI is InChI=1S/C14H9F3O2/c1-7-2-8(4-10(3-7)14(18)19)9-5-11(15)13(17)12(16)6-9/h2-6H,1H3,(H,18,19). The Bertz CT molecular complexity index is 643. The van der Waals surface area contributed by atoms with Gasteiger partial charge in [-0.05, 0) is 47.9 Å². The summed E-state index contributed by atoms with van der Waals surface area (Å²) in [7, 11) is 0. The van der Waals surface area contributed by atoms with Crippen LogP contribution in [0.1, 0.15) is 15.9 Å². The Hall–Kier alpha value is -2.30. The van der Waals surface area contributed by atoms with Gasteiger partial charge in [0.05, 0.1) is 5.56 Å². The lowest BCUT2D eigenvalue weighted by atomic mass is 10.00. The number of benzene rings is 2. The van der Waals surface area contributed by atoms with Crippen molar-refractivity contribution in [3.05, 3.63) is 58.9 Å². The van der Waals surface area contributed by atoms with E-state index in [-0.39, 0.29) is 11.1 Å². The summed E-state index contributed by atoms with van der Waals surface area (Å²) in [5.41, 5.74) is 1.03. The summed E-state index contributed by atoms with van der Waals surface area (Å²) in [6.07, 6.45) is 0. The molecule has 0 fully saturated rings. The minimum absolute atomic E-state index is 0.000131. The van der Waals surface area contributed by atoms with E-state index < -0.39 is 23.4 Å². The molecule has 0 aliphatic heterocycles. The molecule has 19 heavy (non-hydrogen) atoms. The predicted octanol–water partition coefficient (Wildman–Crippen LogP) is 3.78. The van der Waals surface area contributed by atoms with E-state index in [0.29, 0.717) is 11.1 Å². The number of carboxylic acid groups (broad SMARTS) is 1. The monoisotopic (exact) mass is 266 g/mol. The normalized spacial score (nSPS) is 10.5. The number of hydrogen-bond acceptors (Lipinski definition) is 1. The maximum atomic E-state index is 13.2. The van der Waals surface area contributed by atoms with Crippen molar-refractivity contribution in [2.24, 2.45) is 0 Å². The highest BCUT2D eigenvalue weighted by Gasteiger charge is 2.13. The Balaban J connectivity index is 2.62. The van der Waals surface area contributed by atoms with E-state index >= 15 is 0 Å². The summed E-state index contributed by atoms with van der Waals surface area (Å²) in [6.45, 7) is 1.66. The minimum atomic E-state index is -1.55. The third-order valence-electron chi connectivity index (χ3n) is 2.64. The second kappa shape index (κ2) is 4.76. The summed E-state index contributed by atoms with van der Waals surface area (Å²) in [5, 5.41) is 8.93. The molecule has 0 aliphatic rings. The first-order chi connectivity index (χ1) is 8.88. The lowest BCUT2D eigenvalue weighted by Gasteiger charge is -2.06.